The lowest BCUT2D eigenvalue weighted by Gasteiger charge is -2.24. The van der Waals surface area contributed by atoms with Crippen LogP contribution in [-0.4, -0.2) is 17.9 Å². The van der Waals surface area contributed by atoms with E-state index in [0.29, 0.717) is 6.42 Å². The lowest BCUT2D eigenvalue weighted by molar-refractivity contribution is -0.122. The summed E-state index contributed by atoms with van der Waals surface area (Å²) in [5, 5.41) is 6.88. The van der Waals surface area contributed by atoms with Crippen LogP contribution in [-0.2, 0) is 10.5 Å². The van der Waals surface area contributed by atoms with E-state index in [9.17, 15) is 4.79 Å². The van der Waals surface area contributed by atoms with E-state index >= 15 is 0 Å². The van der Waals surface area contributed by atoms with E-state index in [1.54, 1.807) is 11.8 Å². The number of halogens is 1. The van der Waals surface area contributed by atoms with E-state index in [2.05, 4.69) is 10.6 Å². The number of amides is 1. The number of thioether (sulfide) groups is 1. The number of carbonyl (C=O) groups is 1. The lowest BCUT2D eigenvalue weighted by Crippen LogP contribution is -2.49. The third-order valence-electron chi connectivity index (χ3n) is 2.34. The van der Waals surface area contributed by atoms with Crippen molar-refractivity contribution in [2.45, 2.75) is 17.7 Å². The summed E-state index contributed by atoms with van der Waals surface area (Å²) in [7, 11) is 0. The topological polar surface area (TPSA) is 41.1 Å². The molecule has 1 aromatic rings. The van der Waals surface area contributed by atoms with Crippen LogP contribution in [0.3, 0.4) is 0 Å². The first kappa shape index (κ1) is 11.8. The van der Waals surface area contributed by atoms with Gasteiger partial charge in [0.2, 0.25) is 5.91 Å². The van der Waals surface area contributed by atoms with Gasteiger partial charge < -0.3 is 5.32 Å². The summed E-state index contributed by atoms with van der Waals surface area (Å²) in [6, 6.07) is 7.76. The van der Waals surface area contributed by atoms with Crippen LogP contribution in [0.5, 0.6) is 0 Å². The molecule has 3 nitrogen and oxygen atoms in total. The third-order valence-corrected chi connectivity index (χ3v) is 3.80. The molecule has 0 saturated carbocycles. The van der Waals surface area contributed by atoms with Gasteiger partial charge in [-0.2, -0.15) is 0 Å². The Labute approximate surface area is 104 Å². The molecule has 1 unspecified atom stereocenters. The standard InChI is InChI=1S/C11H13ClN2OS/c12-9-4-2-1-3-8(9)7-16-11-13-6-5-10(15)14-11/h1-4,11,13H,5-7H2,(H,14,15). The second-order valence-electron chi connectivity index (χ2n) is 3.55. The first-order chi connectivity index (χ1) is 7.75. The molecule has 1 atom stereocenters. The Morgan fingerprint density at radius 1 is 1.44 bits per heavy atom. The zero-order valence-corrected chi connectivity index (χ0v) is 10.3. The highest BCUT2D eigenvalue weighted by molar-refractivity contribution is 7.99. The first-order valence-electron chi connectivity index (χ1n) is 5.13. The molecule has 1 amide bonds. The summed E-state index contributed by atoms with van der Waals surface area (Å²) < 4.78 is 0. The molecule has 1 heterocycles. The van der Waals surface area contributed by atoms with Gasteiger partial charge >= 0.3 is 0 Å². The number of hydrogen-bond acceptors (Lipinski definition) is 3. The SMILES string of the molecule is O=C1CCNC(SCc2ccccc2Cl)N1. The van der Waals surface area contributed by atoms with Gasteiger partial charge in [0.15, 0.2) is 0 Å². The third kappa shape index (κ3) is 3.14. The van der Waals surface area contributed by atoms with E-state index in [1.807, 2.05) is 24.3 Å². The summed E-state index contributed by atoms with van der Waals surface area (Å²) in [6.45, 7) is 0.742. The number of nitrogens with one attached hydrogen (secondary N) is 2. The van der Waals surface area contributed by atoms with Crippen LogP contribution < -0.4 is 10.6 Å². The van der Waals surface area contributed by atoms with Gasteiger partial charge in [-0.1, -0.05) is 29.8 Å². The van der Waals surface area contributed by atoms with Gasteiger partial charge in [-0.15, -0.1) is 11.8 Å². The minimum absolute atomic E-state index is 0.00229. The van der Waals surface area contributed by atoms with E-state index in [0.717, 1.165) is 22.9 Å². The van der Waals surface area contributed by atoms with Crippen molar-refractivity contribution in [3.05, 3.63) is 34.9 Å². The van der Waals surface area contributed by atoms with Crippen LogP contribution in [0.4, 0.5) is 0 Å². The fourth-order valence-electron chi connectivity index (χ4n) is 1.48. The second kappa shape index (κ2) is 5.57. The molecule has 2 rings (SSSR count). The Morgan fingerprint density at radius 3 is 3.00 bits per heavy atom. The summed E-state index contributed by atoms with van der Waals surface area (Å²) >= 11 is 7.69. The zero-order chi connectivity index (χ0) is 11.4. The van der Waals surface area contributed by atoms with Gasteiger partial charge in [0, 0.05) is 23.7 Å². The minimum atomic E-state index is -0.00229. The fourth-order valence-corrected chi connectivity index (χ4v) is 2.81. The van der Waals surface area contributed by atoms with Crippen molar-refractivity contribution in [3.8, 4) is 0 Å². The van der Waals surface area contributed by atoms with Crippen molar-refractivity contribution in [1.82, 2.24) is 10.6 Å². The number of hydrogen-bond donors (Lipinski definition) is 2. The Bertz CT molecular complexity index is 386. The molecule has 5 heteroatoms. The molecular formula is C11H13ClN2OS. The number of carbonyl (C=O) groups excluding carboxylic acids is 1. The predicted molar refractivity (Wildman–Crippen MR) is 67.3 cm³/mol. The largest absolute Gasteiger partial charge is 0.332 e. The summed E-state index contributed by atoms with van der Waals surface area (Å²) in [4.78, 5) is 11.2. The van der Waals surface area contributed by atoms with Gasteiger partial charge in [0.05, 0.1) is 0 Å². The summed E-state index contributed by atoms with van der Waals surface area (Å²) in [5.41, 5.74) is 1.09. The number of benzene rings is 1. The van der Waals surface area contributed by atoms with Crippen molar-refractivity contribution in [2.75, 3.05) is 6.54 Å². The minimum Gasteiger partial charge on any atom is -0.332 e. The highest BCUT2D eigenvalue weighted by Crippen LogP contribution is 2.22. The molecule has 0 radical (unpaired) electrons. The Hall–Kier alpha value is -0.710. The normalized spacial score (nSPS) is 20.6. The molecule has 86 valence electrons. The monoisotopic (exact) mass is 256 g/mol. The maximum Gasteiger partial charge on any atom is 0.223 e. The molecule has 1 aliphatic rings. The number of rotatable bonds is 3. The van der Waals surface area contributed by atoms with Gasteiger partial charge in [0.25, 0.3) is 0 Å². The second-order valence-corrected chi connectivity index (χ2v) is 5.05. The average Bonchev–Trinajstić information content (AvgIpc) is 2.28. The fraction of sp³-hybridized carbons (Fsp3) is 0.364. The summed E-state index contributed by atoms with van der Waals surface area (Å²) in [6.07, 6.45) is 0.559. The van der Waals surface area contributed by atoms with Crippen LogP contribution in [0.2, 0.25) is 5.02 Å². The van der Waals surface area contributed by atoms with Crippen molar-refractivity contribution in [3.63, 3.8) is 0 Å². The van der Waals surface area contributed by atoms with Gasteiger partial charge in [0.1, 0.15) is 5.50 Å². The van der Waals surface area contributed by atoms with E-state index in [1.165, 1.54) is 0 Å². The Morgan fingerprint density at radius 2 is 2.25 bits per heavy atom. The highest BCUT2D eigenvalue weighted by Gasteiger charge is 2.17. The molecule has 16 heavy (non-hydrogen) atoms. The first-order valence-corrected chi connectivity index (χ1v) is 6.56. The van der Waals surface area contributed by atoms with Crippen LogP contribution in [0.1, 0.15) is 12.0 Å². The molecule has 0 aromatic heterocycles. The van der Waals surface area contributed by atoms with E-state index in [4.69, 9.17) is 11.6 Å². The van der Waals surface area contributed by atoms with E-state index < -0.39 is 0 Å². The lowest BCUT2D eigenvalue weighted by atomic mass is 10.2. The zero-order valence-electron chi connectivity index (χ0n) is 8.70. The molecule has 0 bridgehead atoms. The summed E-state index contributed by atoms with van der Waals surface area (Å²) in [5.74, 6) is 0.896. The van der Waals surface area contributed by atoms with Crippen LogP contribution >= 0.6 is 23.4 Å². The molecule has 1 aliphatic heterocycles. The Balaban J connectivity index is 1.87. The van der Waals surface area contributed by atoms with Crippen molar-refractivity contribution < 1.29 is 4.79 Å². The molecule has 0 spiro atoms. The predicted octanol–water partition coefficient (Wildman–Crippen LogP) is 1.97. The highest BCUT2D eigenvalue weighted by atomic mass is 35.5. The molecule has 1 saturated heterocycles. The van der Waals surface area contributed by atoms with Crippen LogP contribution in [0, 0.1) is 0 Å². The van der Waals surface area contributed by atoms with Crippen molar-refractivity contribution in [1.29, 1.82) is 0 Å². The Kier molecular flexibility index (Phi) is 4.09. The van der Waals surface area contributed by atoms with Crippen molar-refractivity contribution in [2.24, 2.45) is 0 Å². The molecule has 1 fully saturated rings. The average molecular weight is 257 g/mol. The maximum absolute atomic E-state index is 11.2. The van der Waals surface area contributed by atoms with Gasteiger partial charge in [-0.25, -0.2) is 0 Å². The quantitative estimate of drug-likeness (QED) is 0.869. The van der Waals surface area contributed by atoms with Crippen LogP contribution in [0.25, 0.3) is 0 Å². The maximum atomic E-state index is 11.2. The molecule has 1 aromatic carbocycles. The van der Waals surface area contributed by atoms with E-state index in [-0.39, 0.29) is 11.4 Å². The van der Waals surface area contributed by atoms with Crippen molar-refractivity contribution >= 4 is 29.3 Å². The van der Waals surface area contributed by atoms with Crippen LogP contribution in [0.15, 0.2) is 24.3 Å². The van der Waals surface area contributed by atoms with Gasteiger partial charge in [-0.05, 0) is 11.6 Å². The molecule has 2 N–H and O–H groups in total. The molecular weight excluding hydrogens is 244 g/mol. The van der Waals surface area contributed by atoms with Gasteiger partial charge in [-0.3, -0.25) is 10.1 Å². The molecule has 0 aliphatic carbocycles. The smallest absolute Gasteiger partial charge is 0.223 e.